The third-order valence-corrected chi connectivity index (χ3v) is 10.3. The van der Waals surface area contributed by atoms with Gasteiger partial charge in [-0.2, -0.15) is 11.3 Å². The van der Waals surface area contributed by atoms with Gasteiger partial charge < -0.3 is 4.74 Å². The van der Waals surface area contributed by atoms with Crippen LogP contribution < -0.4 is 9.24 Å². The largest absolute Gasteiger partial charge is 0.426 e. The van der Waals surface area contributed by atoms with E-state index in [0.717, 1.165) is 23.3 Å². The first-order chi connectivity index (χ1) is 10.7. The summed E-state index contributed by atoms with van der Waals surface area (Å²) >= 11 is 1.89. The van der Waals surface area contributed by atoms with E-state index in [1.165, 1.54) is 24.1 Å². The van der Waals surface area contributed by atoms with Crippen molar-refractivity contribution in [3.63, 3.8) is 0 Å². The van der Waals surface area contributed by atoms with Crippen LogP contribution >= 0.6 is 11.3 Å². The molecule has 0 N–H and O–H groups in total. The Morgan fingerprint density at radius 2 is 1.91 bits per heavy atom. The van der Waals surface area contributed by atoms with Gasteiger partial charge in [0.2, 0.25) is 0 Å². The van der Waals surface area contributed by atoms with Gasteiger partial charge in [-0.25, -0.2) is 0 Å². The number of hydrogen-bond donors (Lipinski definition) is 0. The molecule has 2 nitrogen and oxygen atoms in total. The van der Waals surface area contributed by atoms with Crippen molar-refractivity contribution in [3.8, 4) is 5.75 Å². The SMILES string of the molecule is CC(=O)Oc1c(C)cc(CC[Si](C)(C)c2cccs2)c(C)c1C. The highest BCUT2D eigenvalue weighted by Gasteiger charge is 2.25. The fourth-order valence-corrected chi connectivity index (χ4v) is 6.87. The number of rotatable bonds is 5. The molecular formula is C19H26O2SSi. The molecule has 0 atom stereocenters. The highest BCUT2D eigenvalue weighted by Crippen LogP contribution is 2.30. The molecule has 0 aliphatic heterocycles. The predicted molar refractivity (Wildman–Crippen MR) is 102 cm³/mol. The lowest BCUT2D eigenvalue weighted by Gasteiger charge is -2.22. The molecule has 1 aromatic heterocycles. The minimum Gasteiger partial charge on any atom is -0.426 e. The molecule has 0 aliphatic rings. The Morgan fingerprint density at radius 3 is 2.48 bits per heavy atom. The molecule has 1 heterocycles. The van der Waals surface area contributed by atoms with Crippen LogP contribution in [0.25, 0.3) is 0 Å². The number of hydrogen-bond acceptors (Lipinski definition) is 3. The Kier molecular flexibility index (Phi) is 5.47. The minimum atomic E-state index is -1.37. The molecule has 0 bridgehead atoms. The molecule has 124 valence electrons. The third kappa shape index (κ3) is 4.12. The van der Waals surface area contributed by atoms with Crippen molar-refractivity contribution in [1.29, 1.82) is 0 Å². The van der Waals surface area contributed by atoms with Gasteiger partial charge in [-0.1, -0.05) is 31.3 Å². The summed E-state index contributed by atoms with van der Waals surface area (Å²) in [7, 11) is -1.37. The topological polar surface area (TPSA) is 26.3 Å². The lowest BCUT2D eigenvalue weighted by Crippen LogP contribution is -2.39. The number of carbonyl (C=O) groups is 1. The molecule has 4 heteroatoms. The van der Waals surface area contributed by atoms with Crippen molar-refractivity contribution >= 4 is 29.9 Å². The minimum absolute atomic E-state index is 0.255. The molecule has 2 rings (SSSR count). The van der Waals surface area contributed by atoms with E-state index in [1.807, 2.05) is 25.2 Å². The van der Waals surface area contributed by atoms with Gasteiger partial charge in [0.25, 0.3) is 0 Å². The Hall–Kier alpha value is -1.39. The third-order valence-electron chi connectivity index (χ3n) is 4.59. The van der Waals surface area contributed by atoms with Gasteiger partial charge in [0, 0.05) is 6.92 Å². The zero-order chi connectivity index (χ0) is 17.2. The molecule has 23 heavy (non-hydrogen) atoms. The molecular weight excluding hydrogens is 320 g/mol. The summed E-state index contributed by atoms with van der Waals surface area (Å²) < 4.78 is 6.96. The first-order valence-corrected chi connectivity index (χ1v) is 12.1. The van der Waals surface area contributed by atoms with Crippen LogP contribution in [0.4, 0.5) is 0 Å². The van der Waals surface area contributed by atoms with Crippen molar-refractivity contribution in [2.45, 2.75) is 53.3 Å². The summed E-state index contributed by atoms with van der Waals surface area (Å²) in [6, 6.07) is 7.87. The van der Waals surface area contributed by atoms with Crippen molar-refractivity contribution in [3.05, 3.63) is 45.8 Å². The lowest BCUT2D eigenvalue weighted by atomic mass is 9.97. The standard InChI is InChI=1S/C19H26O2SSi/c1-13-12-17(14(2)15(3)19(13)21-16(4)20)9-11-23(5,6)18-8-7-10-22-18/h7-8,10,12H,9,11H2,1-6H3. The maximum absolute atomic E-state index is 11.3. The predicted octanol–water partition coefficient (Wildman–Crippen LogP) is 4.76. The fourth-order valence-electron chi connectivity index (χ4n) is 2.94. The fraction of sp³-hybridized carbons (Fsp3) is 0.421. The molecule has 0 aliphatic carbocycles. The zero-order valence-electron chi connectivity index (χ0n) is 14.9. The second-order valence-corrected chi connectivity index (χ2v) is 13.0. The maximum Gasteiger partial charge on any atom is 0.308 e. The van der Waals surface area contributed by atoms with E-state index in [0.29, 0.717) is 0 Å². The lowest BCUT2D eigenvalue weighted by molar-refractivity contribution is -0.131. The van der Waals surface area contributed by atoms with E-state index in [9.17, 15) is 4.79 Å². The Labute approximate surface area is 144 Å². The van der Waals surface area contributed by atoms with Crippen molar-refractivity contribution in [1.82, 2.24) is 0 Å². The quantitative estimate of drug-likeness (QED) is 0.443. The van der Waals surface area contributed by atoms with Crippen LogP contribution in [0, 0.1) is 20.8 Å². The smallest absolute Gasteiger partial charge is 0.308 e. The maximum atomic E-state index is 11.3. The molecule has 1 aromatic carbocycles. The van der Waals surface area contributed by atoms with E-state index in [2.05, 4.69) is 43.6 Å². The Bertz CT molecular complexity index is 703. The van der Waals surface area contributed by atoms with E-state index in [-0.39, 0.29) is 5.97 Å². The first-order valence-electron chi connectivity index (χ1n) is 8.04. The molecule has 0 spiro atoms. The average molecular weight is 347 g/mol. The summed E-state index contributed by atoms with van der Waals surface area (Å²) in [5.74, 6) is 0.475. The van der Waals surface area contributed by atoms with Crippen molar-refractivity contribution < 1.29 is 9.53 Å². The van der Waals surface area contributed by atoms with Gasteiger partial charge in [0.15, 0.2) is 0 Å². The van der Waals surface area contributed by atoms with Crippen LogP contribution in [0.3, 0.4) is 0 Å². The van der Waals surface area contributed by atoms with Crippen LogP contribution in [0.2, 0.25) is 19.1 Å². The van der Waals surface area contributed by atoms with Crippen LogP contribution in [-0.4, -0.2) is 14.0 Å². The van der Waals surface area contributed by atoms with Crippen molar-refractivity contribution in [2.24, 2.45) is 0 Å². The van der Waals surface area contributed by atoms with Gasteiger partial charge in [-0.15, -0.1) is 0 Å². The number of ether oxygens (including phenoxy) is 1. The number of esters is 1. The molecule has 0 fully saturated rings. The normalized spacial score (nSPS) is 11.6. The molecule has 0 radical (unpaired) electrons. The number of benzene rings is 1. The second-order valence-electron chi connectivity index (χ2n) is 6.89. The second kappa shape index (κ2) is 7.01. The van der Waals surface area contributed by atoms with Gasteiger partial charge >= 0.3 is 5.97 Å². The van der Waals surface area contributed by atoms with Crippen LogP contribution in [-0.2, 0) is 11.2 Å². The van der Waals surface area contributed by atoms with E-state index >= 15 is 0 Å². The average Bonchev–Trinajstić information content (AvgIpc) is 3.01. The Balaban J connectivity index is 2.23. The van der Waals surface area contributed by atoms with Gasteiger partial charge in [0.1, 0.15) is 5.75 Å². The van der Waals surface area contributed by atoms with Crippen LogP contribution in [0.15, 0.2) is 23.6 Å². The molecule has 0 saturated carbocycles. The summed E-state index contributed by atoms with van der Waals surface area (Å²) in [5.41, 5.74) is 4.77. The molecule has 0 amide bonds. The summed E-state index contributed by atoms with van der Waals surface area (Å²) in [6.07, 6.45) is 1.09. The van der Waals surface area contributed by atoms with Gasteiger partial charge in [-0.05, 0) is 65.4 Å². The highest BCUT2D eigenvalue weighted by atomic mass is 32.1. The summed E-state index contributed by atoms with van der Waals surface area (Å²) in [4.78, 5) is 11.3. The number of carbonyl (C=O) groups excluding carboxylic acids is 1. The van der Waals surface area contributed by atoms with Gasteiger partial charge in [0.05, 0.1) is 8.07 Å². The summed E-state index contributed by atoms with van der Waals surface area (Å²) in [5, 5.41) is 2.18. The molecule has 0 unspecified atom stereocenters. The van der Waals surface area contributed by atoms with Gasteiger partial charge in [-0.3, -0.25) is 4.79 Å². The highest BCUT2D eigenvalue weighted by molar-refractivity contribution is 7.25. The van der Waals surface area contributed by atoms with Crippen LogP contribution in [0.5, 0.6) is 5.75 Å². The van der Waals surface area contributed by atoms with Crippen LogP contribution in [0.1, 0.15) is 29.2 Å². The Morgan fingerprint density at radius 1 is 1.22 bits per heavy atom. The molecule has 2 aromatic rings. The van der Waals surface area contributed by atoms with E-state index < -0.39 is 8.07 Å². The monoisotopic (exact) mass is 346 g/mol. The number of thiophene rings is 1. The zero-order valence-corrected chi connectivity index (χ0v) is 16.8. The molecule has 0 saturated heterocycles. The first kappa shape index (κ1) is 18.0. The summed E-state index contributed by atoms with van der Waals surface area (Å²) in [6.45, 7) is 12.6. The number of aryl methyl sites for hydroxylation is 2. The van der Waals surface area contributed by atoms with E-state index in [1.54, 1.807) is 4.50 Å². The van der Waals surface area contributed by atoms with Crippen molar-refractivity contribution in [2.75, 3.05) is 0 Å². The van der Waals surface area contributed by atoms with E-state index in [4.69, 9.17) is 4.74 Å².